The highest BCUT2D eigenvalue weighted by Crippen LogP contribution is 2.25. The molecule has 23 heavy (non-hydrogen) atoms. The van der Waals surface area contributed by atoms with Gasteiger partial charge < -0.3 is 21.5 Å². The zero-order chi connectivity index (χ0) is 17.7. The second-order valence-corrected chi connectivity index (χ2v) is 7.57. The summed E-state index contributed by atoms with van der Waals surface area (Å²) in [6.07, 6.45) is 9.76. The number of ether oxygens (including phenoxy) is 1. The fourth-order valence-corrected chi connectivity index (χ4v) is 2.16. The van der Waals surface area contributed by atoms with E-state index in [1.165, 1.54) is 0 Å². The first kappa shape index (κ1) is 19.5. The van der Waals surface area contributed by atoms with E-state index in [9.17, 15) is 4.79 Å². The molecular weight excluding hydrogens is 290 g/mol. The van der Waals surface area contributed by atoms with Crippen molar-refractivity contribution in [1.82, 2.24) is 5.32 Å². The lowest BCUT2D eigenvalue weighted by atomic mass is 9.87. The Kier molecular flexibility index (Phi) is 6.19. The Bertz CT molecular complexity index is 518. The van der Waals surface area contributed by atoms with Crippen LogP contribution in [0.3, 0.4) is 0 Å². The van der Waals surface area contributed by atoms with Crippen molar-refractivity contribution in [2.24, 2.45) is 16.9 Å². The largest absolute Gasteiger partial charge is 0.399 e. The maximum atomic E-state index is 12.7. The number of carbonyl (C=O) groups excluding carboxylic acids is 1. The number of hydrogen-bond acceptors (Lipinski definition) is 4. The van der Waals surface area contributed by atoms with E-state index in [0.717, 1.165) is 6.42 Å². The smallest absolute Gasteiger partial charge is 0.234 e. The SMILES string of the molecule is CC(C)(COC(C)(C)CCN)NC(=O)C1(C)C=CC=C(N)C=C1. The highest BCUT2D eigenvalue weighted by molar-refractivity contribution is 5.87. The molecule has 1 atom stereocenters. The minimum absolute atomic E-state index is 0.0849. The zero-order valence-electron chi connectivity index (χ0n) is 15.0. The summed E-state index contributed by atoms with van der Waals surface area (Å²) in [6.45, 7) is 10.7. The van der Waals surface area contributed by atoms with Gasteiger partial charge in [0.05, 0.1) is 23.2 Å². The van der Waals surface area contributed by atoms with E-state index in [1.807, 2.05) is 52.8 Å². The van der Waals surface area contributed by atoms with Crippen molar-refractivity contribution >= 4 is 5.91 Å². The molecule has 0 saturated heterocycles. The summed E-state index contributed by atoms with van der Waals surface area (Å²) in [5.74, 6) is -0.0849. The molecule has 0 fully saturated rings. The van der Waals surface area contributed by atoms with Crippen LogP contribution in [0.25, 0.3) is 0 Å². The zero-order valence-corrected chi connectivity index (χ0v) is 15.0. The molecule has 0 bridgehead atoms. The molecule has 1 amide bonds. The normalized spacial score (nSPS) is 21.7. The first-order valence-electron chi connectivity index (χ1n) is 8.01. The molecule has 0 heterocycles. The van der Waals surface area contributed by atoms with Gasteiger partial charge >= 0.3 is 0 Å². The van der Waals surface area contributed by atoms with Gasteiger partial charge in [-0.15, -0.1) is 0 Å². The Hall–Kier alpha value is -1.59. The van der Waals surface area contributed by atoms with E-state index in [4.69, 9.17) is 16.2 Å². The van der Waals surface area contributed by atoms with Crippen molar-refractivity contribution in [3.8, 4) is 0 Å². The van der Waals surface area contributed by atoms with Crippen molar-refractivity contribution in [1.29, 1.82) is 0 Å². The van der Waals surface area contributed by atoms with Crippen molar-refractivity contribution in [3.05, 3.63) is 36.1 Å². The molecule has 0 aromatic heterocycles. The lowest BCUT2D eigenvalue weighted by Gasteiger charge is -2.34. The van der Waals surface area contributed by atoms with Gasteiger partial charge in [0.1, 0.15) is 0 Å². The summed E-state index contributed by atoms with van der Waals surface area (Å²) < 4.78 is 5.94. The molecule has 0 aromatic rings. The second kappa shape index (κ2) is 7.32. The first-order valence-corrected chi connectivity index (χ1v) is 8.01. The molecule has 5 N–H and O–H groups in total. The van der Waals surface area contributed by atoms with E-state index in [2.05, 4.69) is 5.32 Å². The quantitative estimate of drug-likeness (QED) is 0.669. The van der Waals surface area contributed by atoms with Gasteiger partial charge in [0.2, 0.25) is 5.91 Å². The summed E-state index contributed by atoms with van der Waals surface area (Å²) in [5, 5.41) is 3.06. The van der Waals surface area contributed by atoms with Crippen LogP contribution in [0.1, 0.15) is 41.0 Å². The Balaban J connectivity index is 2.70. The number of nitrogens with one attached hydrogen (secondary N) is 1. The molecule has 1 unspecified atom stereocenters. The van der Waals surface area contributed by atoms with Crippen LogP contribution in [0, 0.1) is 5.41 Å². The third-order valence-corrected chi connectivity index (χ3v) is 3.86. The molecule has 0 spiro atoms. The van der Waals surface area contributed by atoms with Crippen LogP contribution in [0.2, 0.25) is 0 Å². The van der Waals surface area contributed by atoms with Gasteiger partial charge in [-0.25, -0.2) is 0 Å². The van der Waals surface area contributed by atoms with E-state index < -0.39 is 11.0 Å². The molecule has 0 aromatic carbocycles. The Morgan fingerprint density at radius 3 is 2.57 bits per heavy atom. The second-order valence-electron chi connectivity index (χ2n) is 7.57. The van der Waals surface area contributed by atoms with Gasteiger partial charge in [-0.05, 0) is 59.7 Å². The topological polar surface area (TPSA) is 90.4 Å². The molecule has 0 saturated carbocycles. The number of rotatable bonds is 7. The highest BCUT2D eigenvalue weighted by Gasteiger charge is 2.33. The molecule has 5 nitrogen and oxygen atoms in total. The van der Waals surface area contributed by atoms with Crippen LogP contribution >= 0.6 is 0 Å². The third-order valence-electron chi connectivity index (χ3n) is 3.86. The molecule has 0 aliphatic heterocycles. The maximum absolute atomic E-state index is 12.7. The summed E-state index contributed by atoms with van der Waals surface area (Å²) in [7, 11) is 0. The number of carbonyl (C=O) groups is 1. The minimum Gasteiger partial charge on any atom is -0.399 e. The standard InChI is InChI=1S/C18H31N3O2/c1-16(2,13-23-17(3,4)11-12-19)21-15(22)18(5)9-6-7-14(20)8-10-18/h6-10H,11-13,19-20H2,1-5H3,(H,21,22). The van der Waals surface area contributed by atoms with Crippen molar-refractivity contribution < 1.29 is 9.53 Å². The molecule has 5 heteroatoms. The van der Waals surface area contributed by atoms with Gasteiger partial charge in [0.25, 0.3) is 0 Å². The van der Waals surface area contributed by atoms with Crippen molar-refractivity contribution in [2.45, 2.75) is 52.2 Å². The number of amides is 1. The fourth-order valence-electron chi connectivity index (χ4n) is 2.16. The average molecular weight is 321 g/mol. The van der Waals surface area contributed by atoms with Crippen LogP contribution in [-0.2, 0) is 9.53 Å². The van der Waals surface area contributed by atoms with Crippen LogP contribution in [-0.4, -0.2) is 30.2 Å². The summed E-state index contributed by atoms with van der Waals surface area (Å²) >= 11 is 0. The highest BCUT2D eigenvalue weighted by atomic mass is 16.5. The molecule has 1 rings (SSSR count). The van der Waals surface area contributed by atoms with Gasteiger partial charge in [-0.3, -0.25) is 4.79 Å². The number of hydrogen-bond donors (Lipinski definition) is 3. The van der Waals surface area contributed by atoms with Gasteiger partial charge in [-0.2, -0.15) is 0 Å². The lowest BCUT2D eigenvalue weighted by molar-refractivity contribution is -0.129. The van der Waals surface area contributed by atoms with E-state index in [1.54, 1.807) is 12.2 Å². The maximum Gasteiger partial charge on any atom is 0.234 e. The van der Waals surface area contributed by atoms with Gasteiger partial charge in [0.15, 0.2) is 0 Å². The Morgan fingerprint density at radius 1 is 1.30 bits per heavy atom. The molecule has 130 valence electrons. The third kappa shape index (κ3) is 6.20. The van der Waals surface area contributed by atoms with Crippen molar-refractivity contribution in [2.75, 3.05) is 13.2 Å². The molecular formula is C18H31N3O2. The van der Waals surface area contributed by atoms with Crippen LogP contribution in [0.5, 0.6) is 0 Å². The van der Waals surface area contributed by atoms with Crippen LogP contribution in [0.4, 0.5) is 0 Å². The monoisotopic (exact) mass is 321 g/mol. The first-order chi connectivity index (χ1) is 10.5. The number of allylic oxidation sites excluding steroid dienone is 3. The molecule has 1 aliphatic carbocycles. The van der Waals surface area contributed by atoms with E-state index in [0.29, 0.717) is 18.8 Å². The number of nitrogens with two attached hydrogens (primary N) is 2. The molecule has 0 radical (unpaired) electrons. The predicted octanol–water partition coefficient (Wildman–Crippen LogP) is 2.00. The summed E-state index contributed by atoms with van der Waals surface area (Å²) in [5.41, 5.74) is 10.5. The fraction of sp³-hybridized carbons (Fsp3) is 0.611. The van der Waals surface area contributed by atoms with E-state index in [-0.39, 0.29) is 11.5 Å². The van der Waals surface area contributed by atoms with Crippen molar-refractivity contribution in [3.63, 3.8) is 0 Å². The van der Waals surface area contributed by atoms with Crippen LogP contribution in [0.15, 0.2) is 36.1 Å². The van der Waals surface area contributed by atoms with Gasteiger partial charge in [0, 0.05) is 5.70 Å². The average Bonchev–Trinajstić information content (AvgIpc) is 2.59. The minimum atomic E-state index is -0.734. The van der Waals surface area contributed by atoms with Gasteiger partial charge in [-0.1, -0.05) is 18.2 Å². The summed E-state index contributed by atoms with van der Waals surface area (Å²) in [4.78, 5) is 12.7. The summed E-state index contributed by atoms with van der Waals surface area (Å²) in [6, 6.07) is 0. The molecule has 1 aliphatic rings. The Labute approximate surface area is 139 Å². The van der Waals surface area contributed by atoms with Crippen LogP contribution < -0.4 is 16.8 Å². The van der Waals surface area contributed by atoms with E-state index >= 15 is 0 Å². The predicted molar refractivity (Wildman–Crippen MR) is 94.6 cm³/mol. The Morgan fingerprint density at radius 2 is 1.96 bits per heavy atom. The lowest BCUT2D eigenvalue weighted by Crippen LogP contribution is -2.52.